The van der Waals surface area contributed by atoms with Gasteiger partial charge >= 0.3 is 0 Å². The molecule has 1 aromatic heterocycles. The van der Waals surface area contributed by atoms with Crippen LogP contribution < -0.4 is 0 Å². The zero-order valence-electron chi connectivity index (χ0n) is 19.6. The molecule has 0 bridgehead atoms. The fourth-order valence-corrected chi connectivity index (χ4v) is 5.79. The molecule has 2 amide bonds. The maximum absolute atomic E-state index is 13.3. The summed E-state index contributed by atoms with van der Waals surface area (Å²) in [7, 11) is 0. The van der Waals surface area contributed by atoms with Gasteiger partial charge in [0, 0.05) is 56.7 Å². The topological polar surface area (TPSA) is 48.8 Å². The van der Waals surface area contributed by atoms with E-state index in [4.69, 9.17) is 0 Å². The van der Waals surface area contributed by atoms with E-state index >= 15 is 0 Å². The lowest BCUT2D eigenvalue weighted by molar-refractivity contribution is -0.132. The summed E-state index contributed by atoms with van der Waals surface area (Å²) < 4.78 is 2.42. The zero-order chi connectivity index (χ0) is 21.8. The molecule has 3 aliphatic rings. The highest BCUT2D eigenvalue weighted by Crippen LogP contribution is 2.32. The number of aryl methyl sites for hydroxylation is 1. The van der Waals surface area contributed by atoms with Gasteiger partial charge in [0.05, 0.1) is 12.1 Å². The lowest BCUT2D eigenvalue weighted by Gasteiger charge is -2.35. The van der Waals surface area contributed by atoms with Crippen LogP contribution in [0.1, 0.15) is 85.6 Å². The molecule has 2 saturated heterocycles. The fraction of sp³-hybridized carbons (Fsp3) is 0.760. The molecule has 0 N–H and O–H groups in total. The number of carbonyl (C=O) groups excluding carboxylic acids is 2. The molecule has 0 spiro atoms. The van der Waals surface area contributed by atoms with Crippen LogP contribution in [0.25, 0.3) is 0 Å². The highest BCUT2D eigenvalue weighted by Gasteiger charge is 2.28. The molecular formula is C25H40N4O2. The van der Waals surface area contributed by atoms with E-state index in [1.54, 1.807) is 0 Å². The Morgan fingerprint density at radius 2 is 1.42 bits per heavy atom. The van der Waals surface area contributed by atoms with Crippen molar-refractivity contribution in [3.63, 3.8) is 0 Å². The zero-order valence-corrected chi connectivity index (χ0v) is 19.6. The van der Waals surface area contributed by atoms with Crippen LogP contribution in [0.15, 0.2) is 6.07 Å². The predicted octanol–water partition coefficient (Wildman–Crippen LogP) is 3.77. The molecule has 3 fully saturated rings. The molecule has 3 heterocycles. The number of likely N-dealkylation sites (tertiary alicyclic amines) is 1. The lowest BCUT2D eigenvalue weighted by atomic mass is 9.95. The van der Waals surface area contributed by atoms with Gasteiger partial charge in [-0.05, 0) is 45.6 Å². The maximum atomic E-state index is 13.3. The van der Waals surface area contributed by atoms with Gasteiger partial charge in [0.15, 0.2) is 0 Å². The molecule has 1 saturated carbocycles. The average molecular weight is 429 g/mol. The highest BCUT2D eigenvalue weighted by molar-refractivity contribution is 5.95. The molecule has 1 aromatic rings. The van der Waals surface area contributed by atoms with Crippen molar-refractivity contribution in [1.82, 2.24) is 19.3 Å². The summed E-state index contributed by atoms with van der Waals surface area (Å²) in [6, 6.07) is 2.65. The molecule has 6 nitrogen and oxygen atoms in total. The Kier molecular flexibility index (Phi) is 7.36. The van der Waals surface area contributed by atoms with Crippen molar-refractivity contribution in [3.05, 3.63) is 23.0 Å². The minimum atomic E-state index is 0.161. The summed E-state index contributed by atoms with van der Waals surface area (Å²) in [5.74, 6) is 0.423. The van der Waals surface area contributed by atoms with Crippen molar-refractivity contribution in [2.75, 3.05) is 45.8 Å². The average Bonchev–Trinajstić information content (AvgIpc) is 2.96. The van der Waals surface area contributed by atoms with E-state index in [0.717, 1.165) is 50.3 Å². The van der Waals surface area contributed by atoms with Gasteiger partial charge < -0.3 is 14.4 Å². The number of nitrogens with zero attached hydrogens (tertiary/aromatic N) is 4. The highest BCUT2D eigenvalue weighted by atomic mass is 16.2. The van der Waals surface area contributed by atoms with Gasteiger partial charge in [-0.1, -0.05) is 32.1 Å². The third kappa shape index (κ3) is 5.16. The summed E-state index contributed by atoms with van der Waals surface area (Å²) >= 11 is 0. The molecule has 0 aromatic carbocycles. The molecule has 1 aliphatic carbocycles. The number of aromatic nitrogens is 1. The number of hydrogen-bond donors (Lipinski definition) is 0. The Morgan fingerprint density at radius 3 is 2.06 bits per heavy atom. The quantitative estimate of drug-likeness (QED) is 0.733. The Bertz CT molecular complexity index is 765. The second-order valence-electron chi connectivity index (χ2n) is 9.81. The van der Waals surface area contributed by atoms with Gasteiger partial charge in [0.1, 0.15) is 0 Å². The SMILES string of the molecule is Cc1cc(C(=O)N2CCN(CC(=O)N3CCCCCC3)CC2)c(C)n1C1CCCCC1. The molecule has 31 heavy (non-hydrogen) atoms. The van der Waals surface area contributed by atoms with E-state index in [1.807, 2.05) is 9.80 Å². The van der Waals surface area contributed by atoms with Crippen molar-refractivity contribution in [2.45, 2.75) is 77.7 Å². The van der Waals surface area contributed by atoms with Crippen molar-refractivity contribution in [2.24, 2.45) is 0 Å². The van der Waals surface area contributed by atoms with Crippen molar-refractivity contribution in [3.8, 4) is 0 Å². The first-order valence-electron chi connectivity index (χ1n) is 12.5. The number of carbonyl (C=O) groups is 2. The first-order valence-corrected chi connectivity index (χ1v) is 12.5. The minimum absolute atomic E-state index is 0.161. The molecule has 4 rings (SSSR count). The predicted molar refractivity (Wildman–Crippen MR) is 123 cm³/mol. The summed E-state index contributed by atoms with van der Waals surface area (Å²) in [5, 5.41) is 0. The summed E-state index contributed by atoms with van der Waals surface area (Å²) in [6.07, 6.45) is 11.1. The third-order valence-electron chi connectivity index (χ3n) is 7.63. The second kappa shape index (κ2) is 10.2. The van der Waals surface area contributed by atoms with Crippen molar-refractivity contribution in [1.29, 1.82) is 0 Å². The standard InChI is InChI=1S/C25H40N4O2/c1-20-18-23(21(2)29(20)22-10-6-5-7-11-22)25(31)28-16-14-26(15-17-28)19-24(30)27-12-8-3-4-9-13-27/h18,22H,3-17,19H2,1-2H3. The van der Waals surface area contributed by atoms with Gasteiger partial charge in [0.2, 0.25) is 5.91 Å². The monoisotopic (exact) mass is 428 g/mol. The van der Waals surface area contributed by atoms with Crippen molar-refractivity contribution >= 4 is 11.8 Å². The summed E-state index contributed by atoms with van der Waals surface area (Å²) in [6.45, 7) is 9.56. The Morgan fingerprint density at radius 1 is 0.806 bits per heavy atom. The van der Waals surface area contributed by atoms with Crippen LogP contribution in [-0.2, 0) is 4.79 Å². The van der Waals surface area contributed by atoms with Crippen LogP contribution >= 0.6 is 0 Å². The fourth-order valence-electron chi connectivity index (χ4n) is 5.79. The Labute approximate surface area is 187 Å². The number of piperazine rings is 1. The molecule has 172 valence electrons. The smallest absolute Gasteiger partial charge is 0.255 e. The summed E-state index contributed by atoms with van der Waals surface area (Å²) in [4.78, 5) is 32.3. The molecule has 2 aliphatic heterocycles. The van der Waals surface area contributed by atoms with E-state index in [1.165, 1.54) is 50.6 Å². The third-order valence-corrected chi connectivity index (χ3v) is 7.63. The second-order valence-corrected chi connectivity index (χ2v) is 9.81. The van der Waals surface area contributed by atoms with Gasteiger partial charge in [0.25, 0.3) is 5.91 Å². The first-order chi connectivity index (χ1) is 15.0. The maximum Gasteiger partial charge on any atom is 0.255 e. The van der Waals surface area contributed by atoms with E-state index in [0.29, 0.717) is 25.7 Å². The van der Waals surface area contributed by atoms with Gasteiger partial charge in [-0.15, -0.1) is 0 Å². The van der Waals surface area contributed by atoms with Gasteiger partial charge in [-0.2, -0.15) is 0 Å². The number of rotatable bonds is 4. The van der Waals surface area contributed by atoms with Crippen LogP contribution in [0.2, 0.25) is 0 Å². The first kappa shape index (κ1) is 22.4. The van der Waals surface area contributed by atoms with E-state index in [9.17, 15) is 9.59 Å². The van der Waals surface area contributed by atoms with Gasteiger partial charge in [-0.3, -0.25) is 14.5 Å². The molecule has 0 unspecified atom stereocenters. The minimum Gasteiger partial charge on any atom is -0.345 e. The van der Waals surface area contributed by atoms with Crippen LogP contribution in [0.3, 0.4) is 0 Å². The molecule has 6 heteroatoms. The summed E-state index contributed by atoms with van der Waals surface area (Å²) in [5.41, 5.74) is 3.22. The Hall–Kier alpha value is -1.82. The normalized spacial score (nSPS) is 21.9. The number of hydrogen-bond acceptors (Lipinski definition) is 3. The largest absolute Gasteiger partial charge is 0.345 e. The van der Waals surface area contributed by atoms with Crippen molar-refractivity contribution < 1.29 is 9.59 Å². The Balaban J connectivity index is 1.32. The van der Waals surface area contributed by atoms with Crippen LogP contribution in [0.5, 0.6) is 0 Å². The lowest BCUT2D eigenvalue weighted by Crippen LogP contribution is -2.51. The van der Waals surface area contributed by atoms with Crippen LogP contribution in [0.4, 0.5) is 0 Å². The van der Waals surface area contributed by atoms with Crippen LogP contribution in [-0.4, -0.2) is 76.9 Å². The van der Waals surface area contributed by atoms with E-state index < -0.39 is 0 Å². The van der Waals surface area contributed by atoms with E-state index in [2.05, 4.69) is 29.4 Å². The van der Waals surface area contributed by atoms with Crippen LogP contribution in [0, 0.1) is 13.8 Å². The van der Waals surface area contributed by atoms with Gasteiger partial charge in [-0.25, -0.2) is 0 Å². The van der Waals surface area contributed by atoms with E-state index in [-0.39, 0.29) is 11.8 Å². The molecule has 0 atom stereocenters. The number of amides is 2. The molecular weight excluding hydrogens is 388 g/mol. The molecule has 0 radical (unpaired) electrons.